The van der Waals surface area contributed by atoms with Crippen molar-refractivity contribution in [2.75, 3.05) is 46.8 Å². The maximum Gasteiger partial charge on any atom is 0.401 e. The summed E-state index contributed by atoms with van der Waals surface area (Å²) >= 11 is 0. The molecular weight excluding hydrogens is 255 g/mol. The summed E-state index contributed by atoms with van der Waals surface area (Å²) in [4.78, 5) is 4.33. The normalized spacial score (nSPS) is 14.7. The molecule has 0 saturated heterocycles. The second-order valence-corrected chi connectivity index (χ2v) is 5.79. The zero-order chi connectivity index (χ0) is 15.1. The van der Waals surface area contributed by atoms with Crippen LogP contribution in [-0.4, -0.2) is 68.8 Å². The highest BCUT2D eigenvalue weighted by Crippen LogP contribution is 2.12. The largest absolute Gasteiger partial charge is 0.401 e. The summed E-state index contributed by atoms with van der Waals surface area (Å²) in [7, 11) is 4.00. The van der Waals surface area contributed by atoms with Crippen LogP contribution in [0.1, 0.15) is 20.8 Å². The summed E-state index contributed by atoms with van der Waals surface area (Å²) in [5.41, 5.74) is 0. The van der Waals surface area contributed by atoms with E-state index in [-0.39, 0.29) is 6.04 Å². The molecule has 0 spiro atoms. The van der Waals surface area contributed by atoms with Crippen molar-refractivity contribution in [1.29, 1.82) is 0 Å². The molecule has 0 aliphatic rings. The molecule has 0 heterocycles. The Bertz CT molecular complexity index is 230. The van der Waals surface area contributed by atoms with Gasteiger partial charge in [-0.15, -0.1) is 0 Å². The molecule has 0 aliphatic carbocycles. The van der Waals surface area contributed by atoms with E-state index in [1.54, 1.807) is 0 Å². The van der Waals surface area contributed by atoms with Gasteiger partial charge in [0.05, 0.1) is 6.54 Å². The Balaban J connectivity index is 4.17. The Morgan fingerprint density at radius 3 is 2.05 bits per heavy atom. The van der Waals surface area contributed by atoms with E-state index in [9.17, 15) is 13.2 Å². The van der Waals surface area contributed by atoms with E-state index in [2.05, 4.69) is 29.0 Å². The first-order chi connectivity index (χ1) is 8.61. The molecule has 0 saturated carbocycles. The lowest BCUT2D eigenvalue weighted by Gasteiger charge is -2.32. The van der Waals surface area contributed by atoms with Crippen LogP contribution < -0.4 is 5.32 Å². The van der Waals surface area contributed by atoms with Crippen molar-refractivity contribution in [2.45, 2.75) is 33.0 Å². The topological polar surface area (TPSA) is 18.5 Å². The van der Waals surface area contributed by atoms with E-state index < -0.39 is 12.7 Å². The maximum atomic E-state index is 12.1. The van der Waals surface area contributed by atoms with Gasteiger partial charge in [-0.25, -0.2) is 0 Å². The van der Waals surface area contributed by atoms with Crippen LogP contribution in [0.4, 0.5) is 13.2 Å². The fourth-order valence-corrected chi connectivity index (χ4v) is 1.84. The molecule has 0 aliphatic heterocycles. The van der Waals surface area contributed by atoms with Gasteiger partial charge in [0.25, 0.3) is 0 Å². The predicted octanol–water partition coefficient (Wildman–Crippen LogP) is 2.05. The van der Waals surface area contributed by atoms with Crippen LogP contribution in [0.2, 0.25) is 0 Å². The monoisotopic (exact) mass is 283 g/mol. The third kappa shape index (κ3) is 11.2. The Kier molecular flexibility index (Phi) is 8.61. The van der Waals surface area contributed by atoms with E-state index in [0.717, 1.165) is 19.6 Å². The third-order valence-electron chi connectivity index (χ3n) is 2.82. The van der Waals surface area contributed by atoms with Gasteiger partial charge in [-0.3, -0.25) is 4.90 Å². The molecular formula is C13H28F3N3. The molecule has 0 aromatic rings. The molecule has 0 bridgehead atoms. The van der Waals surface area contributed by atoms with Crippen molar-refractivity contribution in [2.24, 2.45) is 5.92 Å². The van der Waals surface area contributed by atoms with Gasteiger partial charge in [-0.2, -0.15) is 13.2 Å². The van der Waals surface area contributed by atoms with Crippen molar-refractivity contribution in [3.8, 4) is 0 Å². The van der Waals surface area contributed by atoms with Gasteiger partial charge in [-0.1, -0.05) is 13.8 Å². The molecule has 116 valence electrons. The molecule has 0 rings (SSSR count). The van der Waals surface area contributed by atoms with Crippen LogP contribution in [0.5, 0.6) is 0 Å². The fourth-order valence-electron chi connectivity index (χ4n) is 1.84. The smallest absolute Gasteiger partial charge is 0.308 e. The number of halogens is 3. The lowest BCUT2D eigenvalue weighted by Crippen LogP contribution is -2.46. The van der Waals surface area contributed by atoms with Crippen molar-refractivity contribution in [1.82, 2.24) is 15.1 Å². The molecule has 1 unspecified atom stereocenters. The highest BCUT2D eigenvalue weighted by Gasteiger charge is 2.27. The lowest BCUT2D eigenvalue weighted by atomic mass is 10.1. The number of hydrogen-bond donors (Lipinski definition) is 1. The fraction of sp³-hybridized carbons (Fsp3) is 1.00. The number of nitrogens with zero attached hydrogens (tertiary/aromatic N) is 2. The summed E-state index contributed by atoms with van der Waals surface area (Å²) in [5.74, 6) is 0.507. The Labute approximate surface area is 115 Å². The SMILES string of the molecule is CC(C)CN(CCN(C)C)C(C)CNCC(F)(F)F. The standard InChI is InChI=1S/C13H28F3N3/c1-11(2)9-19(7-6-18(4)5)12(3)8-17-10-13(14,15)16/h11-12,17H,6-10H2,1-5H3. The summed E-state index contributed by atoms with van der Waals surface area (Å²) in [5, 5.41) is 2.49. The molecule has 1 atom stereocenters. The maximum absolute atomic E-state index is 12.1. The van der Waals surface area contributed by atoms with Gasteiger partial charge in [-0.05, 0) is 26.9 Å². The minimum atomic E-state index is -4.13. The van der Waals surface area contributed by atoms with E-state index in [0.29, 0.717) is 12.5 Å². The Hall–Kier alpha value is -0.330. The van der Waals surface area contributed by atoms with Crippen LogP contribution in [0, 0.1) is 5.92 Å². The average Bonchev–Trinajstić information content (AvgIpc) is 2.21. The number of nitrogens with one attached hydrogen (secondary N) is 1. The molecule has 0 radical (unpaired) electrons. The molecule has 0 aromatic carbocycles. The molecule has 6 heteroatoms. The Morgan fingerprint density at radius 2 is 1.63 bits per heavy atom. The molecule has 3 nitrogen and oxygen atoms in total. The first-order valence-corrected chi connectivity index (χ1v) is 6.78. The van der Waals surface area contributed by atoms with E-state index >= 15 is 0 Å². The zero-order valence-corrected chi connectivity index (χ0v) is 12.7. The van der Waals surface area contributed by atoms with Crippen molar-refractivity contribution < 1.29 is 13.2 Å². The van der Waals surface area contributed by atoms with E-state index in [1.165, 1.54) is 0 Å². The van der Waals surface area contributed by atoms with Gasteiger partial charge in [0.2, 0.25) is 0 Å². The number of hydrogen-bond acceptors (Lipinski definition) is 3. The number of alkyl halides is 3. The number of likely N-dealkylation sites (N-methyl/N-ethyl adjacent to an activating group) is 1. The average molecular weight is 283 g/mol. The first-order valence-electron chi connectivity index (χ1n) is 6.78. The van der Waals surface area contributed by atoms with Gasteiger partial charge in [0.1, 0.15) is 0 Å². The molecule has 0 fully saturated rings. The third-order valence-corrected chi connectivity index (χ3v) is 2.82. The zero-order valence-electron chi connectivity index (χ0n) is 12.7. The quantitative estimate of drug-likeness (QED) is 0.698. The minimum Gasteiger partial charge on any atom is -0.308 e. The van der Waals surface area contributed by atoms with Gasteiger partial charge in [0, 0.05) is 32.2 Å². The predicted molar refractivity (Wildman–Crippen MR) is 73.4 cm³/mol. The van der Waals surface area contributed by atoms with E-state index in [1.807, 2.05) is 21.0 Å². The van der Waals surface area contributed by atoms with Crippen LogP contribution >= 0.6 is 0 Å². The van der Waals surface area contributed by atoms with Crippen LogP contribution in [-0.2, 0) is 0 Å². The van der Waals surface area contributed by atoms with E-state index in [4.69, 9.17) is 0 Å². The Morgan fingerprint density at radius 1 is 1.05 bits per heavy atom. The van der Waals surface area contributed by atoms with Crippen LogP contribution in [0.25, 0.3) is 0 Å². The number of rotatable bonds is 9. The minimum absolute atomic E-state index is 0.102. The summed E-state index contributed by atoms with van der Waals surface area (Å²) in [6, 6.07) is 0.102. The van der Waals surface area contributed by atoms with Crippen molar-refractivity contribution >= 4 is 0 Å². The lowest BCUT2D eigenvalue weighted by molar-refractivity contribution is -0.125. The first kappa shape index (κ1) is 18.7. The van der Waals surface area contributed by atoms with Gasteiger partial charge in [0.15, 0.2) is 0 Å². The molecule has 19 heavy (non-hydrogen) atoms. The molecule has 0 amide bonds. The summed E-state index contributed by atoms with van der Waals surface area (Å²) in [6.45, 7) is 8.36. The summed E-state index contributed by atoms with van der Waals surface area (Å²) in [6.07, 6.45) is -4.13. The highest BCUT2D eigenvalue weighted by atomic mass is 19.4. The van der Waals surface area contributed by atoms with Crippen molar-refractivity contribution in [3.05, 3.63) is 0 Å². The van der Waals surface area contributed by atoms with Crippen molar-refractivity contribution in [3.63, 3.8) is 0 Å². The molecule has 0 aromatic heterocycles. The van der Waals surface area contributed by atoms with Crippen LogP contribution in [0.15, 0.2) is 0 Å². The van der Waals surface area contributed by atoms with Crippen LogP contribution in [0.3, 0.4) is 0 Å². The van der Waals surface area contributed by atoms with Gasteiger partial charge < -0.3 is 10.2 Å². The molecule has 1 N–H and O–H groups in total. The second-order valence-electron chi connectivity index (χ2n) is 5.79. The second kappa shape index (κ2) is 8.76. The summed E-state index contributed by atoms with van der Waals surface area (Å²) < 4.78 is 36.3. The highest BCUT2D eigenvalue weighted by molar-refractivity contribution is 4.72. The van der Waals surface area contributed by atoms with Gasteiger partial charge >= 0.3 is 6.18 Å².